The first-order valence-corrected chi connectivity index (χ1v) is 9.24. The predicted molar refractivity (Wildman–Crippen MR) is 76.5 cm³/mol. The van der Waals surface area contributed by atoms with Crippen molar-refractivity contribution in [1.29, 1.82) is 0 Å². The van der Waals surface area contributed by atoms with Gasteiger partial charge in [-0.25, -0.2) is 8.42 Å². The Balaban J connectivity index is 2.87. The third-order valence-electron chi connectivity index (χ3n) is 3.37. The summed E-state index contributed by atoms with van der Waals surface area (Å²) in [5.41, 5.74) is 5.84. The van der Waals surface area contributed by atoms with Crippen LogP contribution in [0, 0.1) is 5.92 Å². The second-order valence-corrected chi connectivity index (χ2v) is 8.19. The number of thioether (sulfide) groups is 1. The number of ether oxygens (including phenoxy) is 1. The molecule has 1 heterocycles. The molecule has 7 heteroatoms. The van der Waals surface area contributed by atoms with E-state index in [1.54, 1.807) is 18.9 Å². The molecule has 1 saturated heterocycles. The van der Waals surface area contributed by atoms with Crippen LogP contribution < -0.4 is 5.73 Å². The lowest BCUT2D eigenvalue weighted by molar-refractivity contribution is 0.0828. The predicted octanol–water partition coefficient (Wildman–Crippen LogP) is 0.0157. The number of methoxy groups -OCH3 is 1. The third-order valence-corrected chi connectivity index (χ3v) is 6.03. The van der Waals surface area contributed by atoms with E-state index >= 15 is 0 Å². The Hall–Kier alpha value is 0.180. The summed E-state index contributed by atoms with van der Waals surface area (Å²) >= 11 is 1.69. The monoisotopic (exact) mass is 296 g/mol. The van der Waals surface area contributed by atoms with Gasteiger partial charge in [-0.05, 0) is 5.92 Å². The van der Waals surface area contributed by atoms with Gasteiger partial charge in [0.1, 0.15) is 5.37 Å². The van der Waals surface area contributed by atoms with Crippen LogP contribution in [0.5, 0.6) is 0 Å². The highest BCUT2D eigenvalue weighted by Gasteiger charge is 2.36. The Labute approximate surface area is 114 Å². The van der Waals surface area contributed by atoms with Gasteiger partial charge in [0.15, 0.2) is 9.84 Å². The average molecular weight is 296 g/mol. The lowest BCUT2D eigenvalue weighted by Crippen LogP contribution is -2.56. The van der Waals surface area contributed by atoms with E-state index in [0.29, 0.717) is 18.9 Å². The molecule has 18 heavy (non-hydrogen) atoms. The molecule has 1 rings (SSSR count). The van der Waals surface area contributed by atoms with Gasteiger partial charge in [-0.3, -0.25) is 4.90 Å². The Morgan fingerprint density at radius 1 is 1.56 bits per heavy atom. The van der Waals surface area contributed by atoms with E-state index in [4.69, 9.17) is 10.5 Å². The van der Waals surface area contributed by atoms with Crippen LogP contribution in [0.3, 0.4) is 0 Å². The van der Waals surface area contributed by atoms with E-state index in [-0.39, 0.29) is 12.0 Å². The normalized spacial score (nSPS) is 25.9. The zero-order chi connectivity index (χ0) is 13.8. The minimum atomic E-state index is -3.07. The van der Waals surface area contributed by atoms with Crippen molar-refractivity contribution < 1.29 is 13.2 Å². The van der Waals surface area contributed by atoms with Crippen molar-refractivity contribution in [1.82, 2.24) is 4.90 Å². The second-order valence-electron chi connectivity index (χ2n) is 4.83. The molecule has 0 saturated carbocycles. The molecule has 108 valence electrons. The second kappa shape index (κ2) is 7.09. The highest BCUT2D eigenvalue weighted by molar-refractivity contribution is 8.00. The van der Waals surface area contributed by atoms with Gasteiger partial charge in [-0.2, -0.15) is 11.8 Å². The highest BCUT2D eigenvalue weighted by atomic mass is 32.2. The van der Waals surface area contributed by atoms with E-state index in [9.17, 15) is 8.42 Å². The van der Waals surface area contributed by atoms with Gasteiger partial charge in [-0.15, -0.1) is 0 Å². The molecule has 1 fully saturated rings. The van der Waals surface area contributed by atoms with Crippen molar-refractivity contribution in [2.45, 2.75) is 18.3 Å². The summed E-state index contributed by atoms with van der Waals surface area (Å²) in [6.07, 6.45) is 1.31. The Bertz CT molecular complexity index is 348. The topological polar surface area (TPSA) is 72.6 Å². The van der Waals surface area contributed by atoms with Gasteiger partial charge in [0, 0.05) is 44.0 Å². The molecule has 0 aliphatic carbocycles. The fourth-order valence-electron chi connectivity index (χ4n) is 2.41. The fourth-order valence-corrected chi connectivity index (χ4v) is 5.34. The van der Waals surface area contributed by atoms with Crippen LogP contribution in [0.25, 0.3) is 0 Å². The molecule has 0 aromatic heterocycles. The first-order chi connectivity index (χ1) is 8.41. The van der Waals surface area contributed by atoms with Gasteiger partial charge >= 0.3 is 0 Å². The lowest BCUT2D eigenvalue weighted by Gasteiger charge is -2.41. The highest BCUT2D eigenvalue weighted by Crippen LogP contribution is 2.25. The molecular weight excluding hydrogens is 272 g/mol. The molecule has 0 radical (unpaired) electrons. The zero-order valence-electron chi connectivity index (χ0n) is 11.3. The minimum absolute atomic E-state index is 0.0607. The number of nitrogens with two attached hydrogens (primary N) is 1. The number of sulfone groups is 1. The summed E-state index contributed by atoms with van der Waals surface area (Å²) in [6, 6.07) is 0.0607. The van der Waals surface area contributed by atoms with Gasteiger partial charge in [0.2, 0.25) is 0 Å². The zero-order valence-corrected chi connectivity index (χ0v) is 13.0. The molecule has 0 aromatic carbocycles. The molecule has 1 aliphatic heterocycles. The maximum Gasteiger partial charge on any atom is 0.164 e. The van der Waals surface area contributed by atoms with Gasteiger partial charge < -0.3 is 10.5 Å². The average Bonchev–Trinajstić information content (AvgIpc) is 2.29. The Kier molecular flexibility index (Phi) is 6.40. The molecule has 0 aromatic rings. The maximum atomic E-state index is 11.9. The quantitative estimate of drug-likeness (QED) is 0.745. The maximum absolute atomic E-state index is 11.9. The fraction of sp³-hybridized carbons (Fsp3) is 1.00. The van der Waals surface area contributed by atoms with Crippen molar-refractivity contribution >= 4 is 21.6 Å². The van der Waals surface area contributed by atoms with E-state index < -0.39 is 15.2 Å². The molecule has 0 amide bonds. The number of hydrogen-bond acceptors (Lipinski definition) is 6. The van der Waals surface area contributed by atoms with Crippen LogP contribution in [0.2, 0.25) is 0 Å². The van der Waals surface area contributed by atoms with E-state index in [1.165, 1.54) is 6.26 Å². The van der Waals surface area contributed by atoms with Gasteiger partial charge in [-0.1, -0.05) is 6.92 Å². The molecule has 2 N–H and O–H groups in total. The van der Waals surface area contributed by atoms with Crippen LogP contribution in [-0.2, 0) is 14.6 Å². The first kappa shape index (κ1) is 16.2. The van der Waals surface area contributed by atoms with Gasteiger partial charge in [0.05, 0.1) is 6.61 Å². The lowest BCUT2D eigenvalue weighted by atomic mass is 10.0. The number of hydrogen-bond donors (Lipinski definition) is 1. The summed E-state index contributed by atoms with van der Waals surface area (Å²) in [5, 5.41) is -0.413. The van der Waals surface area contributed by atoms with Crippen LogP contribution in [0.1, 0.15) is 6.92 Å². The molecule has 5 nitrogen and oxygen atoms in total. The Morgan fingerprint density at radius 2 is 2.22 bits per heavy atom. The summed E-state index contributed by atoms with van der Waals surface area (Å²) in [7, 11) is -1.41. The number of nitrogens with zero attached hydrogens (tertiary/aromatic N) is 1. The molecule has 0 bridgehead atoms. The Morgan fingerprint density at radius 3 is 2.72 bits per heavy atom. The first-order valence-electron chi connectivity index (χ1n) is 6.13. The van der Waals surface area contributed by atoms with E-state index in [1.807, 2.05) is 0 Å². The largest absolute Gasteiger partial charge is 0.384 e. The standard InChI is InChI=1S/C11H24N2O3S2/c1-9(7-16-2)10(6-12)13-4-5-17-8-11(13)18(3,14)15/h9-11H,4-8,12H2,1-3H3. The van der Waals surface area contributed by atoms with Gasteiger partial charge in [0.25, 0.3) is 0 Å². The van der Waals surface area contributed by atoms with Crippen LogP contribution in [0.4, 0.5) is 0 Å². The molecule has 3 unspecified atom stereocenters. The third kappa shape index (κ3) is 4.09. The summed E-state index contributed by atoms with van der Waals surface area (Å²) in [6.45, 7) is 3.89. The SMILES string of the molecule is COCC(C)C(CN)N1CCSCC1S(C)(=O)=O. The molecule has 0 spiro atoms. The van der Waals surface area contributed by atoms with Crippen molar-refractivity contribution in [2.24, 2.45) is 11.7 Å². The van der Waals surface area contributed by atoms with Crippen molar-refractivity contribution in [3.8, 4) is 0 Å². The number of rotatable bonds is 6. The summed E-state index contributed by atoms with van der Waals surface area (Å²) < 4.78 is 28.9. The molecule has 3 atom stereocenters. The molecular formula is C11H24N2O3S2. The summed E-state index contributed by atoms with van der Waals surface area (Å²) in [4.78, 5) is 2.05. The van der Waals surface area contributed by atoms with E-state index in [0.717, 1.165) is 12.3 Å². The van der Waals surface area contributed by atoms with Crippen LogP contribution in [0.15, 0.2) is 0 Å². The molecule has 1 aliphatic rings. The van der Waals surface area contributed by atoms with E-state index in [2.05, 4.69) is 11.8 Å². The van der Waals surface area contributed by atoms with Crippen molar-refractivity contribution in [2.75, 3.05) is 44.6 Å². The smallest absolute Gasteiger partial charge is 0.164 e. The van der Waals surface area contributed by atoms with Crippen LogP contribution >= 0.6 is 11.8 Å². The summed E-state index contributed by atoms with van der Waals surface area (Å²) in [5.74, 6) is 1.82. The van der Waals surface area contributed by atoms with Crippen molar-refractivity contribution in [3.05, 3.63) is 0 Å². The van der Waals surface area contributed by atoms with Crippen molar-refractivity contribution in [3.63, 3.8) is 0 Å². The van der Waals surface area contributed by atoms with Crippen LogP contribution in [-0.4, -0.2) is 69.3 Å². The minimum Gasteiger partial charge on any atom is -0.384 e.